The number of carbonyl (C=O) groups excluding carboxylic acids is 1. The fourth-order valence-electron chi connectivity index (χ4n) is 1.97. The summed E-state index contributed by atoms with van der Waals surface area (Å²) in [4.78, 5) is 22.4. The topological polar surface area (TPSA) is 55.3 Å². The number of carbonyl (C=O) groups is 1. The number of aryl methyl sites for hydroxylation is 1. The van der Waals surface area contributed by atoms with Gasteiger partial charge in [0.2, 0.25) is 5.28 Å². The molecule has 0 spiro atoms. The lowest BCUT2D eigenvalue weighted by Crippen LogP contribution is -2.35. The second-order valence-corrected chi connectivity index (χ2v) is 5.66. The van der Waals surface area contributed by atoms with Crippen LogP contribution in [0, 0.1) is 6.92 Å². The van der Waals surface area contributed by atoms with Crippen LogP contribution >= 0.6 is 23.4 Å². The summed E-state index contributed by atoms with van der Waals surface area (Å²) >= 11 is 7.81. The fourth-order valence-corrected chi connectivity index (χ4v) is 3.08. The molecule has 0 bridgehead atoms. The number of aromatic nitrogens is 2. The molecule has 7 heteroatoms. The molecule has 1 saturated heterocycles. The minimum absolute atomic E-state index is 0.166. The zero-order chi connectivity index (χ0) is 13.8. The number of halogens is 1. The standard InChI is InChI=1S/C12H16ClN3O2S/c1-3-18-11(17)9-8(2)14-12(13)15-10(9)16-4-6-19-7-5-16/h3-7H2,1-2H3. The number of rotatable bonds is 3. The van der Waals surface area contributed by atoms with Gasteiger partial charge in [0, 0.05) is 24.6 Å². The average Bonchev–Trinajstić information content (AvgIpc) is 2.39. The number of anilines is 1. The lowest BCUT2D eigenvalue weighted by atomic mass is 10.2. The van der Waals surface area contributed by atoms with Crippen molar-refractivity contribution in [3.05, 3.63) is 16.5 Å². The Morgan fingerprint density at radius 3 is 2.74 bits per heavy atom. The summed E-state index contributed by atoms with van der Waals surface area (Å²) in [6, 6.07) is 0. The average molecular weight is 302 g/mol. The highest BCUT2D eigenvalue weighted by molar-refractivity contribution is 7.99. The van der Waals surface area contributed by atoms with Crippen LogP contribution in [0.15, 0.2) is 0 Å². The lowest BCUT2D eigenvalue weighted by Gasteiger charge is -2.29. The van der Waals surface area contributed by atoms with Gasteiger partial charge in [-0.15, -0.1) is 0 Å². The van der Waals surface area contributed by atoms with E-state index in [1.165, 1.54) is 0 Å². The Morgan fingerprint density at radius 2 is 2.11 bits per heavy atom. The van der Waals surface area contributed by atoms with Crippen molar-refractivity contribution in [3.63, 3.8) is 0 Å². The van der Waals surface area contributed by atoms with Gasteiger partial charge >= 0.3 is 5.97 Å². The summed E-state index contributed by atoms with van der Waals surface area (Å²) in [5.74, 6) is 2.24. The molecule has 1 aliphatic heterocycles. The Balaban J connectivity index is 2.41. The zero-order valence-corrected chi connectivity index (χ0v) is 12.6. The molecule has 104 valence electrons. The van der Waals surface area contributed by atoms with Crippen molar-refractivity contribution in [1.82, 2.24) is 9.97 Å². The normalized spacial score (nSPS) is 15.4. The predicted octanol–water partition coefficient (Wildman–Crippen LogP) is 2.17. The summed E-state index contributed by atoms with van der Waals surface area (Å²) in [7, 11) is 0. The molecule has 0 atom stereocenters. The Morgan fingerprint density at radius 1 is 1.42 bits per heavy atom. The van der Waals surface area contributed by atoms with E-state index in [0.29, 0.717) is 23.7 Å². The third kappa shape index (κ3) is 3.30. The summed E-state index contributed by atoms with van der Waals surface area (Å²) in [6.45, 7) is 5.56. The van der Waals surface area contributed by atoms with E-state index < -0.39 is 0 Å². The van der Waals surface area contributed by atoms with E-state index in [2.05, 4.69) is 14.9 Å². The first-order chi connectivity index (χ1) is 9.13. The number of nitrogens with zero attached hydrogens (tertiary/aromatic N) is 3. The van der Waals surface area contributed by atoms with Gasteiger partial charge in [0.05, 0.1) is 12.3 Å². The van der Waals surface area contributed by atoms with Gasteiger partial charge in [0.25, 0.3) is 0 Å². The second-order valence-electron chi connectivity index (χ2n) is 4.10. The minimum atomic E-state index is -0.384. The largest absolute Gasteiger partial charge is 0.462 e. The van der Waals surface area contributed by atoms with Gasteiger partial charge in [-0.2, -0.15) is 16.7 Å². The lowest BCUT2D eigenvalue weighted by molar-refractivity contribution is 0.0525. The van der Waals surface area contributed by atoms with Crippen molar-refractivity contribution in [3.8, 4) is 0 Å². The quantitative estimate of drug-likeness (QED) is 0.630. The summed E-state index contributed by atoms with van der Waals surface area (Å²) in [5.41, 5.74) is 0.991. The molecule has 1 fully saturated rings. The molecule has 1 aromatic heterocycles. The van der Waals surface area contributed by atoms with Crippen LogP contribution < -0.4 is 4.90 Å². The van der Waals surface area contributed by atoms with E-state index in [-0.39, 0.29) is 11.3 Å². The molecule has 0 saturated carbocycles. The third-order valence-electron chi connectivity index (χ3n) is 2.83. The van der Waals surface area contributed by atoms with Crippen molar-refractivity contribution in [2.75, 3.05) is 36.1 Å². The highest BCUT2D eigenvalue weighted by Gasteiger charge is 2.24. The van der Waals surface area contributed by atoms with E-state index in [1.54, 1.807) is 13.8 Å². The molecule has 0 aliphatic carbocycles. The predicted molar refractivity (Wildman–Crippen MR) is 77.3 cm³/mol. The first-order valence-electron chi connectivity index (χ1n) is 6.17. The molecule has 0 radical (unpaired) electrons. The van der Waals surface area contributed by atoms with Crippen LogP contribution in [0.1, 0.15) is 23.0 Å². The molecule has 2 heterocycles. The highest BCUT2D eigenvalue weighted by atomic mass is 35.5. The van der Waals surface area contributed by atoms with Gasteiger partial charge in [-0.1, -0.05) is 0 Å². The van der Waals surface area contributed by atoms with E-state index in [9.17, 15) is 4.79 Å². The Labute approximate surface area is 121 Å². The third-order valence-corrected chi connectivity index (χ3v) is 3.95. The van der Waals surface area contributed by atoms with Crippen molar-refractivity contribution < 1.29 is 9.53 Å². The van der Waals surface area contributed by atoms with Crippen LogP contribution in [-0.4, -0.2) is 47.1 Å². The number of thioether (sulfide) groups is 1. The van der Waals surface area contributed by atoms with Gasteiger partial charge in [-0.05, 0) is 25.4 Å². The van der Waals surface area contributed by atoms with Crippen LogP contribution in [0.3, 0.4) is 0 Å². The Hall–Kier alpha value is -1.01. The second kappa shape index (κ2) is 6.43. The summed E-state index contributed by atoms with van der Waals surface area (Å²) in [6.07, 6.45) is 0. The molecule has 0 aromatic carbocycles. The Bertz CT molecular complexity index is 478. The van der Waals surface area contributed by atoms with Crippen LogP contribution in [-0.2, 0) is 4.74 Å². The van der Waals surface area contributed by atoms with E-state index in [1.807, 2.05) is 11.8 Å². The van der Waals surface area contributed by atoms with Crippen molar-refractivity contribution >= 4 is 35.1 Å². The molecule has 2 rings (SSSR count). The maximum Gasteiger partial charge on any atom is 0.343 e. The first kappa shape index (κ1) is 14.4. The number of hydrogen-bond acceptors (Lipinski definition) is 6. The molecule has 0 N–H and O–H groups in total. The SMILES string of the molecule is CCOC(=O)c1c(C)nc(Cl)nc1N1CCSCC1. The molecule has 0 amide bonds. The smallest absolute Gasteiger partial charge is 0.343 e. The first-order valence-corrected chi connectivity index (χ1v) is 7.70. The summed E-state index contributed by atoms with van der Waals surface area (Å²) < 4.78 is 5.09. The van der Waals surface area contributed by atoms with Crippen LogP contribution in [0.25, 0.3) is 0 Å². The monoisotopic (exact) mass is 301 g/mol. The van der Waals surface area contributed by atoms with Crippen molar-refractivity contribution in [2.24, 2.45) is 0 Å². The fraction of sp³-hybridized carbons (Fsp3) is 0.583. The molecular weight excluding hydrogens is 286 g/mol. The minimum Gasteiger partial charge on any atom is -0.462 e. The van der Waals surface area contributed by atoms with Gasteiger partial charge in [0.15, 0.2) is 0 Å². The van der Waals surface area contributed by atoms with Crippen LogP contribution in [0.4, 0.5) is 5.82 Å². The van der Waals surface area contributed by atoms with E-state index >= 15 is 0 Å². The molecule has 19 heavy (non-hydrogen) atoms. The van der Waals surface area contributed by atoms with Gasteiger partial charge in [-0.3, -0.25) is 0 Å². The summed E-state index contributed by atoms with van der Waals surface area (Å²) in [5, 5.41) is 0.166. The molecular formula is C12H16ClN3O2S. The highest BCUT2D eigenvalue weighted by Crippen LogP contribution is 2.25. The van der Waals surface area contributed by atoms with Crippen molar-refractivity contribution in [2.45, 2.75) is 13.8 Å². The number of ether oxygens (including phenoxy) is 1. The number of esters is 1. The van der Waals surface area contributed by atoms with Gasteiger partial charge in [-0.25, -0.2) is 9.78 Å². The van der Waals surface area contributed by atoms with Gasteiger partial charge in [0.1, 0.15) is 11.4 Å². The molecule has 5 nitrogen and oxygen atoms in total. The van der Waals surface area contributed by atoms with Crippen molar-refractivity contribution in [1.29, 1.82) is 0 Å². The van der Waals surface area contributed by atoms with Gasteiger partial charge < -0.3 is 9.64 Å². The maximum absolute atomic E-state index is 12.1. The maximum atomic E-state index is 12.1. The van der Waals surface area contributed by atoms with Crippen LogP contribution in [0.5, 0.6) is 0 Å². The molecule has 0 unspecified atom stereocenters. The van der Waals surface area contributed by atoms with Crippen LogP contribution in [0.2, 0.25) is 5.28 Å². The van der Waals surface area contributed by atoms with E-state index in [0.717, 1.165) is 24.6 Å². The Kier molecular flexibility index (Phi) is 4.87. The molecule has 1 aromatic rings. The number of hydrogen-bond donors (Lipinski definition) is 0. The van der Waals surface area contributed by atoms with E-state index in [4.69, 9.17) is 16.3 Å². The molecule has 1 aliphatic rings. The zero-order valence-electron chi connectivity index (χ0n) is 11.0.